The van der Waals surface area contributed by atoms with Crippen LogP contribution in [0.15, 0.2) is 18.2 Å². The van der Waals surface area contributed by atoms with Crippen LogP contribution >= 0.6 is 0 Å². The second-order valence-electron chi connectivity index (χ2n) is 4.75. The highest BCUT2D eigenvalue weighted by molar-refractivity contribution is 5.58. The van der Waals surface area contributed by atoms with E-state index in [1.807, 2.05) is 6.07 Å². The summed E-state index contributed by atoms with van der Waals surface area (Å²) in [4.78, 5) is 0. The van der Waals surface area contributed by atoms with Gasteiger partial charge in [-0.05, 0) is 44.4 Å². The van der Waals surface area contributed by atoms with Crippen LogP contribution in [-0.4, -0.2) is 25.9 Å². The number of nitrogens with one attached hydrogen (secondary N) is 1. The first-order valence-corrected chi connectivity index (χ1v) is 6.22. The highest BCUT2D eigenvalue weighted by atomic mass is 16.5. The third kappa shape index (κ3) is 3.13. The van der Waals surface area contributed by atoms with Crippen molar-refractivity contribution in [1.82, 2.24) is 0 Å². The van der Waals surface area contributed by atoms with Crippen molar-refractivity contribution >= 4 is 5.69 Å². The maximum absolute atomic E-state index is 5.55. The van der Waals surface area contributed by atoms with E-state index in [0.29, 0.717) is 12.1 Å². The Hall–Kier alpha value is -1.22. The fourth-order valence-electron chi connectivity index (χ4n) is 2.28. The van der Waals surface area contributed by atoms with Crippen molar-refractivity contribution in [3.05, 3.63) is 23.8 Å². The third-order valence-corrected chi connectivity index (χ3v) is 3.20. The number of ether oxygens (including phenoxy) is 2. The number of hydrogen-bond acceptors (Lipinski definition) is 3. The molecule has 0 spiro atoms. The summed E-state index contributed by atoms with van der Waals surface area (Å²) in [5.74, 6) is 0.912. The van der Waals surface area contributed by atoms with Crippen molar-refractivity contribution < 1.29 is 9.47 Å². The molecule has 1 aromatic carbocycles. The van der Waals surface area contributed by atoms with Crippen LogP contribution in [0.3, 0.4) is 0 Å². The smallest absolute Gasteiger partial charge is 0.141 e. The quantitative estimate of drug-likeness (QED) is 0.873. The Morgan fingerprint density at radius 1 is 1.41 bits per heavy atom. The molecule has 2 rings (SSSR count). The molecule has 2 atom stereocenters. The highest BCUT2D eigenvalue weighted by Gasteiger charge is 2.20. The molecule has 1 aromatic rings. The Labute approximate surface area is 103 Å². The van der Waals surface area contributed by atoms with Crippen LogP contribution in [0.4, 0.5) is 5.69 Å². The standard InChI is InChI=1S/C14H21NO2/c1-10-4-5-14(16-3)13(8-10)15-12-6-7-17-11(2)9-12/h4-5,8,11-12,15H,6-7,9H2,1-3H3. The molecule has 1 saturated heterocycles. The van der Waals surface area contributed by atoms with E-state index in [2.05, 4.69) is 31.3 Å². The second kappa shape index (κ2) is 5.41. The molecule has 0 bridgehead atoms. The summed E-state index contributed by atoms with van der Waals surface area (Å²) >= 11 is 0. The summed E-state index contributed by atoms with van der Waals surface area (Å²) in [5, 5.41) is 3.57. The fourth-order valence-corrected chi connectivity index (χ4v) is 2.28. The van der Waals surface area contributed by atoms with E-state index in [1.165, 1.54) is 5.56 Å². The number of anilines is 1. The largest absolute Gasteiger partial charge is 0.495 e. The Bertz CT molecular complexity index is 378. The summed E-state index contributed by atoms with van der Waals surface area (Å²) in [6, 6.07) is 6.70. The number of methoxy groups -OCH3 is 1. The van der Waals surface area contributed by atoms with Crippen LogP contribution in [-0.2, 0) is 4.74 Å². The molecule has 0 radical (unpaired) electrons. The molecule has 3 heteroatoms. The van der Waals surface area contributed by atoms with E-state index in [-0.39, 0.29) is 0 Å². The van der Waals surface area contributed by atoms with Gasteiger partial charge in [0.25, 0.3) is 0 Å². The van der Waals surface area contributed by atoms with Gasteiger partial charge in [-0.3, -0.25) is 0 Å². The molecule has 1 aliphatic rings. The highest BCUT2D eigenvalue weighted by Crippen LogP contribution is 2.28. The van der Waals surface area contributed by atoms with Crippen LogP contribution in [0.1, 0.15) is 25.3 Å². The van der Waals surface area contributed by atoms with Crippen molar-refractivity contribution in [3.8, 4) is 5.75 Å². The van der Waals surface area contributed by atoms with E-state index >= 15 is 0 Å². The first-order valence-electron chi connectivity index (χ1n) is 6.22. The summed E-state index contributed by atoms with van der Waals surface area (Å²) < 4.78 is 10.9. The zero-order valence-corrected chi connectivity index (χ0v) is 10.8. The van der Waals surface area contributed by atoms with E-state index in [9.17, 15) is 0 Å². The fraction of sp³-hybridized carbons (Fsp3) is 0.571. The number of rotatable bonds is 3. The van der Waals surface area contributed by atoms with Crippen LogP contribution in [0.2, 0.25) is 0 Å². The summed E-state index contributed by atoms with van der Waals surface area (Å²) in [5.41, 5.74) is 2.33. The summed E-state index contributed by atoms with van der Waals surface area (Å²) in [6.07, 6.45) is 2.45. The molecule has 1 aliphatic heterocycles. The minimum atomic E-state index is 0.344. The summed E-state index contributed by atoms with van der Waals surface area (Å²) in [6.45, 7) is 5.06. The molecule has 0 aliphatic carbocycles. The van der Waals surface area contributed by atoms with Gasteiger partial charge in [0.1, 0.15) is 5.75 Å². The SMILES string of the molecule is COc1ccc(C)cc1NC1CCOC(C)C1. The van der Waals surface area contributed by atoms with Gasteiger partial charge in [-0.15, -0.1) is 0 Å². The number of aryl methyl sites for hydroxylation is 1. The molecule has 0 aromatic heterocycles. The average molecular weight is 235 g/mol. The maximum Gasteiger partial charge on any atom is 0.141 e. The lowest BCUT2D eigenvalue weighted by Crippen LogP contribution is -2.32. The van der Waals surface area contributed by atoms with E-state index in [1.54, 1.807) is 7.11 Å². The van der Waals surface area contributed by atoms with Gasteiger partial charge in [0.2, 0.25) is 0 Å². The van der Waals surface area contributed by atoms with Gasteiger partial charge in [-0.1, -0.05) is 6.07 Å². The number of hydrogen-bond donors (Lipinski definition) is 1. The summed E-state index contributed by atoms with van der Waals surface area (Å²) in [7, 11) is 1.71. The monoisotopic (exact) mass is 235 g/mol. The van der Waals surface area contributed by atoms with Gasteiger partial charge < -0.3 is 14.8 Å². The van der Waals surface area contributed by atoms with Gasteiger partial charge in [-0.25, -0.2) is 0 Å². The van der Waals surface area contributed by atoms with Gasteiger partial charge in [0, 0.05) is 12.6 Å². The van der Waals surface area contributed by atoms with Gasteiger partial charge in [0.15, 0.2) is 0 Å². The van der Waals surface area contributed by atoms with Crippen molar-refractivity contribution in [2.45, 2.75) is 38.8 Å². The van der Waals surface area contributed by atoms with Crippen molar-refractivity contribution in [1.29, 1.82) is 0 Å². The van der Waals surface area contributed by atoms with Crippen molar-refractivity contribution in [2.24, 2.45) is 0 Å². The lowest BCUT2D eigenvalue weighted by Gasteiger charge is -2.29. The molecule has 17 heavy (non-hydrogen) atoms. The van der Waals surface area contributed by atoms with Gasteiger partial charge >= 0.3 is 0 Å². The van der Waals surface area contributed by atoms with Crippen LogP contribution in [0, 0.1) is 6.92 Å². The van der Waals surface area contributed by atoms with Crippen molar-refractivity contribution in [2.75, 3.05) is 19.0 Å². The molecule has 3 nitrogen and oxygen atoms in total. The predicted molar refractivity (Wildman–Crippen MR) is 69.8 cm³/mol. The first-order chi connectivity index (χ1) is 8.19. The Balaban J connectivity index is 2.08. The molecule has 1 fully saturated rings. The molecule has 0 saturated carbocycles. The van der Waals surface area contributed by atoms with Crippen molar-refractivity contribution in [3.63, 3.8) is 0 Å². The zero-order chi connectivity index (χ0) is 12.3. The zero-order valence-electron chi connectivity index (χ0n) is 10.8. The molecule has 1 N–H and O–H groups in total. The molecular formula is C14H21NO2. The van der Waals surface area contributed by atoms with Gasteiger partial charge in [-0.2, -0.15) is 0 Å². The van der Waals surface area contributed by atoms with Crippen LogP contribution < -0.4 is 10.1 Å². The Morgan fingerprint density at radius 2 is 2.24 bits per heavy atom. The Kier molecular flexibility index (Phi) is 3.89. The predicted octanol–water partition coefficient (Wildman–Crippen LogP) is 2.98. The van der Waals surface area contributed by atoms with E-state index in [4.69, 9.17) is 9.47 Å². The average Bonchev–Trinajstić information content (AvgIpc) is 2.29. The minimum absolute atomic E-state index is 0.344. The second-order valence-corrected chi connectivity index (χ2v) is 4.75. The molecule has 2 unspecified atom stereocenters. The van der Waals surface area contributed by atoms with Crippen LogP contribution in [0.25, 0.3) is 0 Å². The molecular weight excluding hydrogens is 214 g/mol. The lowest BCUT2D eigenvalue weighted by molar-refractivity contribution is 0.0232. The normalized spacial score (nSPS) is 24.4. The topological polar surface area (TPSA) is 30.5 Å². The Morgan fingerprint density at radius 3 is 2.94 bits per heavy atom. The third-order valence-electron chi connectivity index (χ3n) is 3.20. The van der Waals surface area contributed by atoms with E-state index in [0.717, 1.165) is 30.9 Å². The number of benzene rings is 1. The molecule has 0 amide bonds. The van der Waals surface area contributed by atoms with Crippen LogP contribution in [0.5, 0.6) is 5.75 Å². The maximum atomic E-state index is 5.55. The first kappa shape index (κ1) is 12.2. The van der Waals surface area contributed by atoms with Gasteiger partial charge in [0.05, 0.1) is 18.9 Å². The molecule has 1 heterocycles. The minimum Gasteiger partial charge on any atom is -0.495 e. The van der Waals surface area contributed by atoms with E-state index < -0.39 is 0 Å². The molecule has 94 valence electrons. The lowest BCUT2D eigenvalue weighted by atomic mass is 10.0.